The zero-order valence-electron chi connectivity index (χ0n) is 13.8. The summed E-state index contributed by atoms with van der Waals surface area (Å²) in [6, 6.07) is 6.80. The van der Waals surface area contributed by atoms with Crippen LogP contribution in [0.3, 0.4) is 0 Å². The van der Waals surface area contributed by atoms with Gasteiger partial charge in [0.15, 0.2) is 0 Å². The number of nitrogens with one attached hydrogen (secondary N) is 1. The van der Waals surface area contributed by atoms with Crippen molar-refractivity contribution in [3.63, 3.8) is 0 Å². The maximum Gasteiger partial charge on any atom is 0.321 e. The maximum atomic E-state index is 12.6. The van der Waals surface area contributed by atoms with Gasteiger partial charge < -0.3 is 10.2 Å². The predicted molar refractivity (Wildman–Crippen MR) is 90.3 cm³/mol. The third-order valence-corrected chi connectivity index (χ3v) is 4.98. The number of likely N-dealkylation sites (tertiary alicyclic amines) is 2. The highest BCUT2D eigenvalue weighted by Crippen LogP contribution is 2.22. The Hall–Kier alpha value is -1.55. The second-order valence-corrected chi connectivity index (χ2v) is 6.73. The second-order valence-electron chi connectivity index (χ2n) is 6.73. The molecule has 4 nitrogen and oxygen atoms in total. The molecule has 4 heteroatoms. The highest BCUT2D eigenvalue weighted by molar-refractivity contribution is 5.90. The van der Waals surface area contributed by atoms with Crippen molar-refractivity contribution in [1.29, 1.82) is 0 Å². The van der Waals surface area contributed by atoms with Crippen molar-refractivity contribution in [3.05, 3.63) is 29.3 Å². The van der Waals surface area contributed by atoms with E-state index in [1.165, 1.54) is 37.9 Å². The molecule has 2 aliphatic rings. The molecule has 2 saturated heterocycles. The van der Waals surface area contributed by atoms with E-state index in [4.69, 9.17) is 0 Å². The monoisotopic (exact) mass is 301 g/mol. The van der Waals surface area contributed by atoms with Gasteiger partial charge in [0.2, 0.25) is 0 Å². The number of rotatable bonds is 2. The van der Waals surface area contributed by atoms with Crippen LogP contribution in [0.2, 0.25) is 0 Å². The molecule has 1 unspecified atom stereocenters. The Morgan fingerprint density at radius 2 is 1.91 bits per heavy atom. The topological polar surface area (TPSA) is 35.6 Å². The van der Waals surface area contributed by atoms with Gasteiger partial charge in [0.1, 0.15) is 0 Å². The van der Waals surface area contributed by atoms with Crippen LogP contribution in [-0.4, -0.2) is 48.1 Å². The number of hydrogen-bond donors (Lipinski definition) is 1. The van der Waals surface area contributed by atoms with Crippen LogP contribution in [0.15, 0.2) is 18.2 Å². The van der Waals surface area contributed by atoms with Gasteiger partial charge in [0.25, 0.3) is 0 Å². The van der Waals surface area contributed by atoms with E-state index in [9.17, 15) is 4.79 Å². The first-order chi connectivity index (χ1) is 10.6. The smallest absolute Gasteiger partial charge is 0.321 e. The van der Waals surface area contributed by atoms with Crippen molar-refractivity contribution in [2.24, 2.45) is 0 Å². The van der Waals surface area contributed by atoms with Crippen LogP contribution < -0.4 is 5.32 Å². The zero-order valence-corrected chi connectivity index (χ0v) is 13.8. The lowest BCUT2D eigenvalue weighted by Crippen LogP contribution is -2.50. The summed E-state index contributed by atoms with van der Waals surface area (Å²) in [5.74, 6) is 0. The summed E-state index contributed by atoms with van der Waals surface area (Å²) in [4.78, 5) is 17.1. The SMILES string of the molecule is Cc1ccc(C)c(NC(=O)N2CCCC(N3CCCC3)C2)c1. The molecule has 2 fully saturated rings. The average Bonchev–Trinajstić information content (AvgIpc) is 3.05. The van der Waals surface area contributed by atoms with Crippen LogP contribution in [0.4, 0.5) is 10.5 Å². The van der Waals surface area contributed by atoms with E-state index in [2.05, 4.69) is 35.3 Å². The fourth-order valence-corrected chi connectivity index (χ4v) is 3.61. The normalized spacial score (nSPS) is 22.8. The highest BCUT2D eigenvalue weighted by atomic mass is 16.2. The minimum absolute atomic E-state index is 0.0533. The second kappa shape index (κ2) is 6.69. The van der Waals surface area contributed by atoms with Gasteiger partial charge in [-0.3, -0.25) is 4.90 Å². The molecule has 1 atom stereocenters. The molecule has 0 spiro atoms. The van der Waals surface area contributed by atoms with Crippen LogP contribution in [0.5, 0.6) is 0 Å². The summed E-state index contributed by atoms with van der Waals surface area (Å²) in [5, 5.41) is 3.10. The summed E-state index contributed by atoms with van der Waals surface area (Å²) >= 11 is 0. The molecule has 3 rings (SSSR count). The van der Waals surface area contributed by atoms with E-state index in [0.717, 1.165) is 30.8 Å². The third kappa shape index (κ3) is 3.43. The maximum absolute atomic E-state index is 12.6. The number of urea groups is 1. The molecule has 0 radical (unpaired) electrons. The number of hydrogen-bond acceptors (Lipinski definition) is 2. The van der Waals surface area contributed by atoms with Crippen molar-refractivity contribution in [2.75, 3.05) is 31.5 Å². The van der Waals surface area contributed by atoms with Gasteiger partial charge in [-0.25, -0.2) is 4.79 Å². The highest BCUT2D eigenvalue weighted by Gasteiger charge is 2.29. The zero-order chi connectivity index (χ0) is 15.5. The summed E-state index contributed by atoms with van der Waals surface area (Å²) in [5.41, 5.74) is 3.23. The van der Waals surface area contributed by atoms with Gasteiger partial charge in [-0.2, -0.15) is 0 Å². The van der Waals surface area contributed by atoms with E-state index in [0.29, 0.717) is 6.04 Å². The van der Waals surface area contributed by atoms with E-state index < -0.39 is 0 Å². The number of piperidine rings is 1. The van der Waals surface area contributed by atoms with Gasteiger partial charge in [-0.05, 0) is 69.8 Å². The minimum Gasteiger partial charge on any atom is -0.323 e. The molecule has 2 amide bonds. The molecule has 1 aromatic carbocycles. The van der Waals surface area contributed by atoms with Crippen LogP contribution >= 0.6 is 0 Å². The molecule has 22 heavy (non-hydrogen) atoms. The number of carbonyl (C=O) groups excluding carboxylic acids is 1. The fourth-order valence-electron chi connectivity index (χ4n) is 3.61. The van der Waals surface area contributed by atoms with Gasteiger partial charge in [0.05, 0.1) is 0 Å². The first-order valence-corrected chi connectivity index (χ1v) is 8.51. The molecule has 1 aromatic rings. The van der Waals surface area contributed by atoms with E-state index in [1.807, 2.05) is 11.8 Å². The molecule has 0 bridgehead atoms. The Labute approximate surface area is 133 Å². The molecule has 0 aliphatic carbocycles. The first-order valence-electron chi connectivity index (χ1n) is 8.51. The Balaban J connectivity index is 1.62. The van der Waals surface area contributed by atoms with Crippen molar-refractivity contribution in [1.82, 2.24) is 9.80 Å². The molecule has 0 saturated carbocycles. The van der Waals surface area contributed by atoms with Gasteiger partial charge in [-0.15, -0.1) is 0 Å². The van der Waals surface area contributed by atoms with Gasteiger partial charge in [-0.1, -0.05) is 12.1 Å². The first kappa shape index (κ1) is 15.3. The summed E-state index contributed by atoms with van der Waals surface area (Å²) in [7, 11) is 0. The quantitative estimate of drug-likeness (QED) is 0.909. The number of amides is 2. The van der Waals surface area contributed by atoms with Gasteiger partial charge >= 0.3 is 6.03 Å². The standard InChI is InChI=1S/C18H27N3O/c1-14-7-8-15(2)17(12-14)19-18(22)21-11-5-6-16(13-21)20-9-3-4-10-20/h7-8,12,16H,3-6,9-11,13H2,1-2H3,(H,19,22). The Morgan fingerprint density at radius 3 is 2.68 bits per heavy atom. The van der Waals surface area contributed by atoms with Crippen LogP contribution in [-0.2, 0) is 0 Å². The predicted octanol–water partition coefficient (Wildman–Crippen LogP) is 3.40. The Morgan fingerprint density at radius 1 is 1.14 bits per heavy atom. The minimum atomic E-state index is 0.0533. The largest absolute Gasteiger partial charge is 0.323 e. The van der Waals surface area contributed by atoms with Crippen molar-refractivity contribution in [3.8, 4) is 0 Å². The van der Waals surface area contributed by atoms with E-state index in [-0.39, 0.29) is 6.03 Å². The van der Waals surface area contributed by atoms with Crippen molar-refractivity contribution >= 4 is 11.7 Å². The Bertz CT molecular complexity index is 537. The Kier molecular flexibility index (Phi) is 4.67. The number of benzene rings is 1. The summed E-state index contributed by atoms with van der Waals surface area (Å²) in [6.07, 6.45) is 4.96. The molecular formula is C18H27N3O. The molecule has 0 aromatic heterocycles. The molecule has 1 N–H and O–H groups in total. The van der Waals surface area contributed by atoms with Gasteiger partial charge in [0, 0.05) is 24.8 Å². The third-order valence-electron chi connectivity index (χ3n) is 4.98. The average molecular weight is 301 g/mol. The fraction of sp³-hybridized carbons (Fsp3) is 0.611. The lowest BCUT2D eigenvalue weighted by Gasteiger charge is -2.37. The number of aryl methyl sites for hydroxylation is 2. The van der Waals surface area contributed by atoms with E-state index in [1.54, 1.807) is 0 Å². The number of carbonyl (C=O) groups is 1. The summed E-state index contributed by atoms with van der Waals surface area (Å²) < 4.78 is 0. The number of anilines is 1. The lowest BCUT2D eigenvalue weighted by molar-refractivity contribution is 0.132. The molecule has 2 heterocycles. The van der Waals surface area contributed by atoms with Crippen LogP contribution in [0, 0.1) is 13.8 Å². The summed E-state index contributed by atoms with van der Waals surface area (Å²) in [6.45, 7) is 8.25. The van der Waals surface area contributed by atoms with Crippen molar-refractivity contribution in [2.45, 2.75) is 45.6 Å². The number of nitrogens with zero attached hydrogens (tertiary/aromatic N) is 2. The lowest BCUT2D eigenvalue weighted by atomic mass is 10.0. The molecule has 2 aliphatic heterocycles. The van der Waals surface area contributed by atoms with Crippen molar-refractivity contribution < 1.29 is 4.79 Å². The molecule has 120 valence electrons. The molecular weight excluding hydrogens is 274 g/mol. The van der Waals surface area contributed by atoms with Crippen LogP contribution in [0.25, 0.3) is 0 Å². The van der Waals surface area contributed by atoms with E-state index >= 15 is 0 Å². The van der Waals surface area contributed by atoms with Crippen LogP contribution in [0.1, 0.15) is 36.8 Å².